The molecule has 3 aliphatic rings. The predicted molar refractivity (Wildman–Crippen MR) is 71.4 cm³/mol. The Hall–Kier alpha value is -0.120. The Kier molecular flexibility index (Phi) is 3.65. The first kappa shape index (κ1) is 12.9. The third-order valence-electron chi connectivity index (χ3n) is 5.69. The highest BCUT2D eigenvalue weighted by molar-refractivity contribution is 5.00. The summed E-state index contributed by atoms with van der Waals surface area (Å²) in [6.07, 6.45) is 7.14. The summed E-state index contributed by atoms with van der Waals surface area (Å²) in [6, 6.07) is 0. The first-order chi connectivity index (χ1) is 8.71. The van der Waals surface area contributed by atoms with Gasteiger partial charge in [-0.2, -0.15) is 0 Å². The van der Waals surface area contributed by atoms with Gasteiger partial charge in [-0.1, -0.05) is 0 Å². The predicted octanol–water partition coefficient (Wildman–Crippen LogP) is 1.90. The van der Waals surface area contributed by atoms with Crippen LogP contribution in [-0.2, 0) is 4.74 Å². The van der Waals surface area contributed by atoms with Gasteiger partial charge in [0.1, 0.15) is 0 Å². The van der Waals surface area contributed by atoms with Crippen molar-refractivity contribution in [2.45, 2.75) is 44.6 Å². The molecule has 0 aromatic heterocycles. The standard InChI is InChI=1S/C15H27NO2/c1-16-8-2-3-13(9-16)15(10-18-11-15)12-4-6-14(17)7-5-12/h12-14,17H,2-11H2,1H3. The van der Waals surface area contributed by atoms with Crippen LogP contribution in [0.3, 0.4) is 0 Å². The van der Waals surface area contributed by atoms with Crippen LogP contribution in [0.5, 0.6) is 0 Å². The lowest BCUT2D eigenvalue weighted by Crippen LogP contribution is -2.57. The molecule has 3 rings (SSSR count). The molecule has 0 aromatic rings. The zero-order valence-corrected chi connectivity index (χ0v) is 11.6. The summed E-state index contributed by atoms with van der Waals surface area (Å²) >= 11 is 0. The fourth-order valence-electron chi connectivity index (χ4n) is 4.43. The molecule has 0 bridgehead atoms. The second-order valence-corrected chi connectivity index (χ2v) is 6.83. The van der Waals surface area contributed by atoms with Gasteiger partial charge in [0.05, 0.1) is 19.3 Å². The second kappa shape index (κ2) is 5.10. The molecule has 0 amide bonds. The molecule has 1 saturated carbocycles. The monoisotopic (exact) mass is 253 g/mol. The third-order valence-corrected chi connectivity index (χ3v) is 5.69. The molecule has 1 aliphatic carbocycles. The summed E-state index contributed by atoms with van der Waals surface area (Å²) in [4.78, 5) is 2.49. The van der Waals surface area contributed by atoms with Gasteiger partial charge < -0.3 is 14.7 Å². The summed E-state index contributed by atoms with van der Waals surface area (Å²) < 4.78 is 5.63. The molecule has 104 valence electrons. The SMILES string of the molecule is CN1CCCC(C2(C3CCC(O)CC3)COC2)C1. The van der Waals surface area contributed by atoms with Crippen LogP contribution in [0.1, 0.15) is 38.5 Å². The van der Waals surface area contributed by atoms with Crippen molar-refractivity contribution in [3.63, 3.8) is 0 Å². The number of aliphatic hydroxyl groups is 1. The van der Waals surface area contributed by atoms with Crippen molar-refractivity contribution in [1.29, 1.82) is 0 Å². The van der Waals surface area contributed by atoms with Crippen LogP contribution in [-0.4, -0.2) is 49.5 Å². The molecule has 3 heteroatoms. The van der Waals surface area contributed by atoms with E-state index in [1.54, 1.807) is 0 Å². The maximum Gasteiger partial charge on any atom is 0.0550 e. The van der Waals surface area contributed by atoms with E-state index < -0.39 is 0 Å². The minimum atomic E-state index is -0.0340. The molecule has 2 saturated heterocycles. The topological polar surface area (TPSA) is 32.7 Å². The first-order valence-corrected chi connectivity index (χ1v) is 7.65. The molecule has 18 heavy (non-hydrogen) atoms. The molecule has 3 nitrogen and oxygen atoms in total. The average molecular weight is 253 g/mol. The Morgan fingerprint density at radius 3 is 2.33 bits per heavy atom. The van der Waals surface area contributed by atoms with E-state index in [0.717, 1.165) is 37.9 Å². The fourth-order valence-corrected chi connectivity index (χ4v) is 4.43. The minimum absolute atomic E-state index is 0.0340. The lowest BCUT2D eigenvalue weighted by atomic mass is 9.59. The van der Waals surface area contributed by atoms with Gasteiger partial charge >= 0.3 is 0 Å². The Balaban J connectivity index is 1.69. The van der Waals surface area contributed by atoms with E-state index in [1.165, 1.54) is 38.8 Å². The van der Waals surface area contributed by atoms with Gasteiger partial charge in [0.15, 0.2) is 0 Å². The molecule has 1 N–H and O–H groups in total. The summed E-state index contributed by atoms with van der Waals surface area (Å²) in [5.74, 6) is 1.62. The molecule has 0 aromatic carbocycles. The molecule has 3 fully saturated rings. The Morgan fingerprint density at radius 1 is 1.06 bits per heavy atom. The molecule has 2 aliphatic heterocycles. The van der Waals surface area contributed by atoms with Gasteiger partial charge in [0.25, 0.3) is 0 Å². The second-order valence-electron chi connectivity index (χ2n) is 6.83. The van der Waals surface area contributed by atoms with Crippen molar-refractivity contribution in [2.24, 2.45) is 17.3 Å². The van der Waals surface area contributed by atoms with Crippen molar-refractivity contribution in [2.75, 3.05) is 33.4 Å². The van der Waals surface area contributed by atoms with Crippen LogP contribution in [0.4, 0.5) is 0 Å². The normalized spacial score (nSPS) is 41.3. The van der Waals surface area contributed by atoms with Crippen molar-refractivity contribution in [3.05, 3.63) is 0 Å². The van der Waals surface area contributed by atoms with Crippen LogP contribution in [0.15, 0.2) is 0 Å². The summed E-state index contributed by atoms with van der Waals surface area (Å²) in [5.41, 5.74) is 0.453. The number of nitrogens with zero attached hydrogens (tertiary/aromatic N) is 1. The lowest BCUT2D eigenvalue weighted by molar-refractivity contribution is -0.195. The highest BCUT2D eigenvalue weighted by atomic mass is 16.5. The lowest BCUT2D eigenvalue weighted by Gasteiger charge is -2.55. The maximum absolute atomic E-state index is 9.70. The smallest absolute Gasteiger partial charge is 0.0550 e. The van der Waals surface area contributed by atoms with Crippen LogP contribution >= 0.6 is 0 Å². The number of ether oxygens (including phenoxy) is 1. The number of aliphatic hydroxyl groups excluding tert-OH is 1. The van der Waals surface area contributed by atoms with Gasteiger partial charge in [-0.3, -0.25) is 0 Å². The number of rotatable bonds is 2. The summed E-state index contributed by atoms with van der Waals surface area (Å²) in [7, 11) is 2.25. The molecule has 1 atom stereocenters. The number of hydrogen-bond donors (Lipinski definition) is 1. The third kappa shape index (κ3) is 2.21. The quantitative estimate of drug-likeness (QED) is 0.816. The van der Waals surface area contributed by atoms with Gasteiger partial charge in [0, 0.05) is 12.0 Å². The maximum atomic E-state index is 9.70. The summed E-state index contributed by atoms with van der Waals surface area (Å²) in [6.45, 7) is 4.47. The zero-order valence-electron chi connectivity index (χ0n) is 11.6. The Labute approximate surface area is 110 Å². The van der Waals surface area contributed by atoms with Crippen LogP contribution in [0.25, 0.3) is 0 Å². The van der Waals surface area contributed by atoms with E-state index >= 15 is 0 Å². The van der Waals surface area contributed by atoms with Gasteiger partial charge in [-0.05, 0) is 64.0 Å². The van der Waals surface area contributed by atoms with E-state index in [1.807, 2.05) is 0 Å². The summed E-state index contributed by atoms with van der Waals surface area (Å²) in [5, 5.41) is 9.70. The highest BCUT2D eigenvalue weighted by Gasteiger charge is 2.51. The number of hydrogen-bond acceptors (Lipinski definition) is 3. The average Bonchev–Trinajstić information content (AvgIpc) is 2.30. The number of piperidine rings is 1. The van der Waals surface area contributed by atoms with Crippen molar-refractivity contribution >= 4 is 0 Å². The van der Waals surface area contributed by atoms with Crippen molar-refractivity contribution < 1.29 is 9.84 Å². The van der Waals surface area contributed by atoms with E-state index in [4.69, 9.17) is 4.74 Å². The van der Waals surface area contributed by atoms with Crippen LogP contribution in [0, 0.1) is 17.3 Å². The molecule has 0 spiro atoms. The Bertz CT molecular complexity index is 282. The van der Waals surface area contributed by atoms with E-state index in [-0.39, 0.29) is 6.10 Å². The zero-order chi connectivity index (χ0) is 12.6. The fraction of sp³-hybridized carbons (Fsp3) is 1.00. The van der Waals surface area contributed by atoms with Crippen LogP contribution < -0.4 is 0 Å². The molecule has 2 heterocycles. The molecular formula is C15H27NO2. The largest absolute Gasteiger partial charge is 0.393 e. The highest BCUT2D eigenvalue weighted by Crippen LogP contribution is 2.51. The van der Waals surface area contributed by atoms with Gasteiger partial charge in [0.2, 0.25) is 0 Å². The van der Waals surface area contributed by atoms with Gasteiger partial charge in [-0.25, -0.2) is 0 Å². The van der Waals surface area contributed by atoms with Crippen molar-refractivity contribution in [3.8, 4) is 0 Å². The number of likely N-dealkylation sites (tertiary alicyclic amines) is 1. The first-order valence-electron chi connectivity index (χ1n) is 7.65. The molecule has 0 radical (unpaired) electrons. The molecular weight excluding hydrogens is 226 g/mol. The molecule has 1 unspecified atom stereocenters. The Morgan fingerprint density at radius 2 is 1.78 bits per heavy atom. The van der Waals surface area contributed by atoms with E-state index in [0.29, 0.717) is 5.41 Å². The van der Waals surface area contributed by atoms with Crippen molar-refractivity contribution in [1.82, 2.24) is 4.90 Å². The van der Waals surface area contributed by atoms with E-state index in [9.17, 15) is 5.11 Å². The van der Waals surface area contributed by atoms with Gasteiger partial charge in [-0.15, -0.1) is 0 Å². The van der Waals surface area contributed by atoms with Crippen LogP contribution in [0.2, 0.25) is 0 Å². The minimum Gasteiger partial charge on any atom is -0.393 e. The van der Waals surface area contributed by atoms with E-state index in [2.05, 4.69) is 11.9 Å².